The highest BCUT2D eigenvalue weighted by Gasteiger charge is 2.07. The van der Waals surface area contributed by atoms with Crippen LogP contribution in [0.3, 0.4) is 0 Å². The molecular formula is C14H19N5O. The Morgan fingerprint density at radius 3 is 2.85 bits per heavy atom. The van der Waals surface area contributed by atoms with Gasteiger partial charge in [0.25, 0.3) is 0 Å². The van der Waals surface area contributed by atoms with Gasteiger partial charge in [-0.1, -0.05) is 0 Å². The Hall–Kier alpha value is -2.21. The second kappa shape index (κ2) is 6.81. The molecule has 1 atom stereocenters. The molecule has 1 amide bonds. The van der Waals surface area contributed by atoms with Gasteiger partial charge in [-0.3, -0.25) is 14.5 Å². The quantitative estimate of drug-likeness (QED) is 0.828. The van der Waals surface area contributed by atoms with Crippen molar-refractivity contribution in [1.82, 2.24) is 14.8 Å². The lowest BCUT2D eigenvalue weighted by molar-refractivity contribution is -0.116. The summed E-state index contributed by atoms with van der Waals surface area (Å²) in [6.45, 7) is 2.56. The fourth-order valence-electron chi connectivity index (χ4n) is 1.83. The van der Waals surface area contributed by atoms with Gasteiger partial charge in [0.15, 0.2) is 5.82 Å². The first-order chi connectivity index (χ1) is 9.63. The van der Waals surface area contributed by atoms with E-state index in [4.69, 9.17) is 5.73 Å². The number of aromatic nitrogens is 3. The van der Waals surface area contributed by atoms with E-state index in [0.717, 1.165) is 13.0 Å². The summed E-state index contributed by atoms with van der Waals surface area (Å²) in [5, 5.41) is 7.03. The van der Waals surface area contributed by atoms with E-state index in [1.165, 1.54) is 5.56 Å². The molecule has 0 aliphatic rings. The average molecular weight is 273 g/mol. The van der Waals surface area contributed by atoms with Crippen LogP contribution in [0.1, 0.15) is 18.9 Å². The molecule has 6 nitrogen and oxygen atoms in total. The Balaban J connectivity index is 1.84. The summed E-state index contributed by atoms with van der Waals surface area (Å²) in [7, 11) is 0. The maximum absolute atomic E-state index is 11.6. The Morgan fingerprint density at radius 2 is 2.15 bits per heavy atom. The zero-order chi connectivity index (χ0) is 14.4. The van der Waals surface area contributed by atoms with Crippen LogP contribution in [-0.4, -0.2) is 26.7 Å². The van der Waals surface area contributed by atoms with Gasteiger partial charge in [0.05, 0.1) is 0 Å². The minimum Gasteiger partial charge on any atom is -0.327 e. The summed E-state index contributed by atoms with van der Waals surface area (Å²) in [5.41, 5.74) is 6.78. The normalized spacial score (nSPS) is 12.1. The van der Waals surface area contributed by atoms with Crippen LogP contribution < -0.4 is 11.1 Å². The van der Waals surface area contributed by atoms with Gasteiger partial charge < -0.3 is 11.1 Å². The topological polar surface area (TPSA) is 85.8 Å². The fraction of sp³-hybridized carbons (Fsp3) is 0.357. The molecule has 2 aromatic rings. The highest BCUT2D eigenvalue weighted by atomic mass is 16.1. The van der Waals surface area contributed by atoms with Crippen LogP contribution in [0.4, 0.5) is 5.82 Å². The van der Waals surface area contributed by atoms with Crippen LogP contribution in [0, 0.1) is 0 Å². The lowest BCUT2D eigenvalue weighted by atomic mass is 10.2. The third-order valence-corrected chi connectivity index (χ3v) is 2.79. The van der Waals surface area contributed by atoms with Crippen LogP contribution in [0.5, 0.6) is 0 Å². The van der Waals surface area contributed by atoms with Crippen LogP contribution in [0.25, 0.3) is 0 Å². The molecule has 106 valence electrons. The number of aryl methyl sites for hydroxylation is 2. The number of pyridine rings is 1. The van der Waals surface area contributed by atoms with Crippen molar-refractivity contribution in [1.29, 1.82) is 0 Å². The first-order valence-corrected chi connectivity index (χ1v) is 6.61. The molecule has 0 spiro atoms. The molecule has 0 bridgehead atoms. The summed E-state index contributed by atoms with van der Waals surface area (Å²) in [4.78, 5) is 15.5. The number of anilines is 1. The highest BCUT2D eigenvalue weighted by Crippen LogP contribution is 2.05. The molecule has 20 heavy (non-hydrogen) atoms. The van der Waals surface area contributed by atoms with E-state index >= 15 is 0 Å². The number of nitrogens with two attached hydrogens (primary N) is 1. The smallest absolute Gasteiger partial charge is 0.227 e. The summed E-state index contributed by atoms with van der Waals surface area (Å²) in [6.07, 6.45) is 6.57. The van der Waals surface area contributed by atoms with Gasteiger partial charge in [-0.05, 0) is 31.0 Å². The maximum Gasteiger partial charge on any atom is 0.227 e. The summed E-state index contributed by atoms with van der Waals surface area (Å²) in [5.74, 6) is 0.449. The SMILES string of the molecule is CC(N)CC(=O)Nc1ccn(CCc2ccncc2)n1. The van der Waals surface area contributed by atoms with Crippen LogP contribution >= 0.6 is 0 Å². The van der Waals surface area contributed by atoms with Gasteiger partial charge in [-0.15, -0.1) is 0 Å². The highest BCUT2D eigenvalue weighted by molar-refractivity contribution is 5.90. The van der Waals surface area contributed by atoms with E-state index in [0.29, 0.717) is 12.2 Å². The van der Waals surface area contributed by atoms with Crippen molar-refractivity contribution in [2.75, 3.05) is 5.32 Å². The molecule has 0 aliphatic heterocycles. The van der Waals surface area contributed by atoms with Gasteiger partial charge in [0.1, 0.15) is 0 Å². The Bertz CT molecular complexity index is 550. The molecule has 1 unspecified atom stereocenters. The average Bonchev–Trinajstić information content (AvgIpc) is 2.84. The van der Waals surface area contributed by atoms with Gasteiger partial charge in [-0.25, -0.2) is 0 Å². The molecule has 3 N–H and O–H groups in total. The van der Waals surface area contributed by atoms with E-state index in [2.05, 4.69) is 15.4 Å². The van der Waals surface area contributed by atoms with Crippen LogP contribution in [0.2, 0.25) is 0 Å². The van der Waals surface area contributed by atoms with E-state index in [1.807, 2.05) is 23.0 Å². The molecule has 0 aromatic carbocycles. The summed E-state index contributed by atoms with van der Waals surface area (Å²) >= 11 is 0. The minimum absolute atomic E-state index is 0.112. The van der Waals surface area contributed by atoms with Gasteiger partial charge in [-0.2, -0.15) is 5.10 Å². The minimum atomic E-state index is -0.149. The van der Waals surface area contributed by atoms with Crippen molar-refractivity contribution in [3.8, 4) is 0 Å². The standard InChI is InChI=1S/C14H19N5O/c1-11(15)10-14(20)17-13-5-9-19(18-13)8-4-12-2-6-16-7-3-12/h2-3,5-7,9,11H,4,8,10,15H2,1H3,(H,17,18,20). The lowest BCUT2D eigenvalue weighted by Crippen LogP contribution is -2.24. The first-order valence-electron chi connectivity index (χ1n) is 6.61. The Labute approximate surface area is 118 Å². The monoisotopic (exact) mass is 273 g/mol. The van der Waals surface area contributed by atoms with Crippen molar-refractivity contribution in [2.24, 2.45) is 5.73 Å². The third kappa shape index (κ3) is 4.47. The Morgan fingerprint density at radius 1 is 1.40 bits per heavy atom. The van der Waals surface area contributed by atoms with Crippen LogP contribution in [-0.2, 0) is 17.8 Å². The number of carbonyl (C=O) groups is 1. The second-order valence-electron chi connectivity index (χ2n) is 4.80. The van der Waals surface area contributed by atoms with Gasteiger partial charge >= 0.3 is 0 Å². The molecule has 6 heteroatoms. The molecule has 0 saturated carbocycles. The molecule has 0 saturated heterocycles. The van der Waals surface area contributed by atoms with E-state index in [-0.39, 0.29) is 11.9 Å². The van der Waals surface area contributed by atoms with Crippen molar-refractivity contribution in [3.63, 3.8) is 0 Å². The summed E-state index contributed by atoms with van der Waals surface area (Å²) in [6, 6.07) is 5.60. The first kappa shape index (κ1) is 14.2. The summed E-state index contributed by atoms with van der Waals surface area (Å²) < 4.78 is 1.81. The lowest BCUT2D eigenvalue weighted by Gasteiger charge is -2.04. The molecule has 0 radical (unpaired) electrons. The van der Waals surface area contributed by atoms with Gasteiger partial charge in [0, 0.05) is 43.7 Å². The molecule has 0 aliphatic carbocycles. The Kier molecular flexibility index (Phi) is 4.84. The number of nitrogens with one attached hydrogen (secondary N) is 1. The maximum atomic E-state index is 11.6. The third-order valence-electron chi connectivity index (χ3n) is 2.79. The zero-order valence-electron chi connectivity index (χ0n) is 11.5. The van der Waals surface area contributed by atoms with Crippen molar-refractivity contribution in [3.05, 3.63) is 42.4 Å². The molecule has 2 rings (SSSR count). The molecular weight excluding hydrogens is 254 g/mol. The molecule has 2 heterocycles. The second-order valence-corrected chi connectivity index (χ2v) is 4.80. The molecule has 0 fully saturated rings. The number of rotatable bonds is 6. The van der Waals surface area contributed by atoms with Crippen molar-refractivity contribution >= 4 is 11.7 Å². The number of hydrogen-bond acceptors (Lipinski definition) is 4. The number of amides is 1. The van der Waals surface area contributed by atoms with E-state index < -0.39 is 0 Å². The molecule has 2 aromatic heterocycles. The van der Waals surface area contributed by atoms with E-state index in [9.17, 15) is 4.79 Å². The van der Waals surface area contributed by atoms with Crippen molar-refractivity contribution in [2.45, 2.75) is 32.4 Å². The van der Waals surface area contributed by atoms with Crippen LogP contribution in [0.15, 0.2) is 36.8 Å². The predicted molar refractivity (Wildman–Crippen MR) is 77.1 cm³/mol. The zero-order valence-corrected chi connectivity index (χ0v) is 11.5. The predicted octanol–water partition coefficient (Wildman–Crippen LogP) is 1.20. The number of hydrogen-bond donors (Lipinski definition) is 2. The van der Waals surface area contributed by atoms with Gasteiger partial charge in [0.2, 0.25) is 5.91 Å². The van der Waals surface area contributed by atoms with E-state index in [1.54, 1.807) is 25.4 Å². The largest absolute Gasteiger partial charge is 0.327 e. The fourth-order valence-corrected chi connectivity index (χ4v) is 1.83. The van der Waals surface area contributed by atoms with Crippen molar-refractivity contribution < 1.29 is 4.79 Å². The number of nitrogens with zero attached hydrogens (tertiary/aromatic N) is 3. The number of carbonyl (C=O) groups excluding carboxylic acids is 1.